The molecule has 0 radical (unpaired) electrons. The van der Waals surface area contributed by atoms with Gasteiger partial charge in [0.05, 0.1) is 0 Å². The number of aryl methyl sites for hydroxylation is 1. The Bertz CT molecular complexity index is 656. The molecule has 0 aliphatic carbocycles. The number of nitrogens with zero attached hydrogens (tertiary/aromatic N) is 2. The smallest absolute Gasteiger partial charge is 0.277 e. The van der Waals surface area contributed by atoms with Crippen LogP contribution in [0.1, 0.15) is 29.4 Å². The van der Waals surface area contributed by atoms with Crippen LogP contribution in [0.2, 0.25) is 5.02 Å². The van der Waals surface area contributed by atoms with Crippen LogP contribution >= 0.6 is 11.6 Å². The summed E-state index contributed by atoms with van der Waals surface area (Å²) in [5.41, 5.74) is 2.58. The molecule has 3 rings (SSSR count). The highest BCUT2D eigenvalue weighted by Gasteiger charge is 2.29. The normalized spacial score (nSPS) is 17.7. The number of fused-ring (bicyclic) bond motifs is 1. The maximum absolute atomic E-state index is 12.7. The molecule has 0 bridgehead atoms. The summed E-state index contributed by atoms with van der Waals surface area (Å²) < 4.78 is 0. The molecule has 1 aromatic carbocycles. The molecule has 0 N–H and O–H groups in total. The van der Waals surface area contributed by atoms with Crippen molar-refractivity contribution in [2.45, 2.75) is 25.8 Å². The van der Waals surface area contributed by atoms with Crippen LogP contribution in [0, 0.1) is 0 Å². The molecule has 102 valence electrons. The number of pyridine rings is 1. The van der Waals surface area contributed by atoms with Crippen LogP contribution in [0.4, 0.5) is 5.69 Å². The van der Waals surface area contributed by atoms with E-state index in [1.54, 1.807) is 18.3 Å². The van der Waals surface area contributed by atoms with E-state index in [4.69, 9.17) is 11.6 Å². The Labute approximate surface area is 123 Å². The number of para-hydroxylation sites is 1. The minimum atomic E-state index is -0.0906. The summed E-state index contributed by atoms with van der Waals surface area (Å²) in [5.74, 6) is -0.0906. The van der Waals surface area contributed by atoms with E-state index in [9.17, 15) is 4.79 Å². The number of hydrogen-bond donors (Lipinski definition) is 0. The van der Waals surface area contributed by atoms with E-state index in [-0.39, 0.29) is 11.9 Å². The first-order valence-corrected chi connectivity index (χ1v) is 7.07. The van der Waals surface area contributed by atoms with Crippen LogP contribution in [0.25, 0.3) is 0 Å². The molecule has 1 aromatic heterocycles. The fourth-order valence-corrected chi connectivity index (χ4v) is 2.80. The SMILES string of the molecule is CC1CCc2ccccc2N1C(=O)c1cc(Cl)ccn1. The molecule has 1 aliphatic heterocycles. The van der Waals surface area contributed by atoms with Crippen molar-refractivity contribution in [1.29, 1.82) is 0 Å². The van der Waals surface area contributed by atoms with Gasteiger partial charge in [-0.1, -0.05) is 29.8 Å². The fourth-order valence-electron chi connectivity index (χ4n) is 2.64. The first-order valence-electron chi connectivity index (χ1n) is 6.70. The summed E-state index contributed by atoms with van der Waals surface area (Å²) in [5, 5.41) is 0.529. The molecular weight excluding hydrogens is 272 g/mol. The van der Waals surface area contributed by atoms with Gasteiger partial charge in [0.1, 0.15) is 5.69 Å². The Morgan fingerprint density at radius 2 is 2.15 bits per heavy atom. The first-order chi connectivity index (χ1) is 9.66. The van der Waals surface area contributed by atoms with Crippen LogP contribution in [-0.4, -0.2) is 16.9 Å². The largest absolute Gasteiger partial charge is 0.304 e. The fraction of sp³-hybridized carbons (Fsp3) is 0.250. The highest BCUT2D eigenvalue weighted by atomic mass is 35.5. The van der Waals surface area contributed by atoms with Crippen LogP contribution in [0.15, 0.2) is 42.6 Å². The molecule has 0 fully saturated rings. The van der Waals surface area contributed by atoms with Gasteiger partial charge < -0.3 is 4.90 Å². The second-order valence-electron chi connectivity index (χ2n) is 5.05. The summed E-state index contributed by atoms with van der Waals surface area (Å²) in [6, 6.07) is 11.5. The standard InChI is InChI=1S/C16H15ClN2O/c1-11-6-7-12-4-2-3-5-15(12)19(11)16(20)14-10-13(17)8-9-18-14/h2-5,8-11H,6-7H2,1H3. The van der Waals surface area contributed by atoms with Crippen molar-refractivity contribution in [1.82, 2.24) is 4.98 Å². The highest BCUT2D eigenvalue weighted by Crippen LogP contribution is 2.31. The van der Waals surface area contributed by atoms with Crippen molar-refractivity contribution in [2.24, 2.45) is 0 Å². The van der Waals surface area contributed by atoms with Crippen molar-refractivity contribution in [3.63, 3.8) is 0 Å². The number of anilines is 1. The molecule has 1 aliphatic rings. The summed E-state index contributed by atoms with van der Waals surface area (Å²) in [6.07, 6.45) is 3.53. The zero-order valence-electron chi connectivity index (χ0n) is 11.2. The quantitative estimate of drug-likeness (QED) is 0.800. The van der Waals surface area contributed by atoms with Crippen molar-refractivity contribution < 1.29 is 4.79 Å². The van der Waals surface area contributed by atoms with Crippen molar-refractivity contribution >= 4 is 23.2 Å². The van der Waals surface area contributed by atoms with Gasteiger partial charge in [0.25, 0.3) is 5.91 Å². The Kier molecular flexibility index (Phi) is 3.45. The summed E-state index contributed by atoms with van der Waals surface area (Å²) >= 11 is 5.95. The van der Waals surface area contributed by atoms with Crippen molar-refractivity contribution in [3.05, 3.63) is 58.9 Å². The van der Waals surface area contributed by atoms with Gasteiger partial charge in [0.2, 0.25) is 0 Å². The van der Waals surface area contributed by atoms with E-state index in [2.05, 4.69) is 18.0 Å². The third kappa shape index (κ3) is 2.29. The topological polar surface area (TPSA) is 33.2 Å². The van der Waals surface area contributed by atoms with E-state index in [1.807, 2.05) is 23.1 Å². The third-order valence-corrected chi connectivity index (χ3v) is 3.92. The third-order valence-electron chi connectivity index (χ3n) is 3.68. The predicted octanol–water partition coefficient (Wildman–Crippen LogP) is 3.72. The zero-order chi connectivity index (χ0) is 14.1. The minimum Gasteiger partial charge on any atom is -0.304 e. The Balaban J connectivity index is 2.03. The number of halogens is 1. The molecule has 1 amide bonds. The number of hydrogen-bond acceptors (Lipinski definition) is 2. The van der Waals surface area contributed by atoms with E-state index in [0.717, 1.165) is 18.5 Å². The molecular formula is C16H15ClN2O. The number of carbonyl (C=O) groups excluding carboxylic acids is 1. The van der Waals surface area contributed by atoms with Gasteiger partial charge >= 0.3 is 0 Å². The van der Waals surface area contributed by atoms with Crippen LogP contribution in [-0.2, 0) is 6.42 Å². The summed E-state index contributed by atoms with van der Waals surface area (Å²) in [4.78, 5) is 18.7. The second kappa shape index (κ2) is 5.25. The van der Waals surface area contributed by atoms with Crippen molar-refractivity contribution in [2.75, 3.05) is 4.90 Å². The number of carbonyl (C=O) groups is 1. The van der Waals surface area contributed by atoms with Crippen LogP contribution < -0.4 is 4.90 Å². The van der Waals surface area contributed by atoms with Gasteiger partial charge in [0, 0.05) is 22.9 Å². The lowest BCUT2D eigenvalue weighted by molar-refractivity contribution is 0.0970. The number of aromatic nitrogens is 1. The predicted molar refractivity (Wildman–Crippen MR) is 80.3 cm³/mol. The Hall–Kier alpha value is -1.87. The number of rotatable bonds is 1. The molecule has 3 nitrogen and oxygen atoms in total. The van der Waals surface area contributed by atoms with E-state index in [1.165, 1.54) is 5.56 Å². The second-order valence-corrected chi connectivity index (χ2v) is 5.49. The van der Waals surface area contributed by atoms with Crippen molar-refractivity contribution in [3.8, 4) is 0 Å². The highest BCUT2D eigenvalue weighted by molar-refractivity contribution is 6.31. The van der Waals surface area contributed by atoms with Crippen LogP contribution in [0.5, 0.6) is 0 Å². The lowest BCUT2D eigenvalue weighted by atomic mass is 9.96. The maximum Gasteiger partial charge on any atom is 0.277 e. The Morgan fingerprint density at radius 3 is 2.95 bits per heavy atom. The molecule has 20 heavy (non-hydrogen) atoms. The summed E-state index contributed by atoms with van der Waals surface area (Å²) in [6.45, 7) is 2.07. The molecule has 0 saturated heterocycles. The molecule has 0 saturated carbocycles. The first kappa shape index (κ1) is 13.1. The lowest BCUT2D eigenvalue weighted by Crippen LogP contribution is -2.42. The van der Waals surface area contributed by atoms with Crippen LogP contribution in [0.3, 0.4) is 0 Å². The molecule has 1 unspecified atom stereocenters. The zero-order valence-corrected chi connectivity index (χ0v) is 12.0. The van der Waals surface area contributed by atoms with Gasteiger partial charge in [-0.2, -0.15) is 0 Å². The molecule has 2 aromatic rings. The average molecular weight is 287 g/mol. The van der Waals surface area contributed by atoms with Gasteiger partial charge in [-0.3, -0.25) is 9.78 Å². The maximum atomic E-state index is 12.7. The van der Waals surface area contributed by atoms with E-state index >= 15 is 0 Å². The van der Waals surface area contributed by atoms with Gasteiger partial charge in [-0.15, -0.1) is 0 Å². The molecule has 1 atom stereocenters. The molecule has 2 heterocycles. The van der Waals surface area contributed by atoms with E-state index < -0.39 is 0 Å². The summed E-state index contributed by atoms with van der Waals surface area (Å²) in [7, 11) is 0. The Morgan fingerprint density at radius 1 is 1.35 bits per heavy atom. The van der Waals surface area contributed by atoms with E-state index in [0.29, 0.717) is 10.7 Å². The number of benzene rings is 1. The van der Waals surface area contributed by atoms with Gasteiger partial charge in [0.15, 0.2) is 0 Å². The van der Waals surface area contributed by atoms with Gasteiger partial charge in [-0.25, -0.2) is 0 Å². The number of amides is 1. The molecule has 4 heteroatoms. The van der Waals surface area contributed by atoms with Gasteiger partial charge in [-0.05, 0) is 43.5 Å². The molecule has 0 spiro atoms. The lowest BCUT2D eigenvalue weighted by Gasteiger charge is -2.35. The monoisotopic (exact) mass is 286 g/mol. The average Bonchev–Trinajstić information content (AvgIpc) is 2.46. The minimum absolute atomic E-state index is 0.0906.